The minimum absolute atomic E-state index is 0.0450. The van der Waals surface area contributed by atoms with E-state index in [2.05, 4.69) is 45.3 Å². The van der Waals surface area contributed by atoms with E-state index >= 15 is 0 Å². The molecule has 3 rings (SSSR count). The van der Waals surface area contributed by atoms with E-state index in [4.69, 9.17) is 9.47 Å². The van der Waals surface area contributed by atoms with Gasteiger partial charge in [0, 0.05) is 25.8 Å². The molecular weight excluding hydrogens is 420 g/mol. The third-order valence-corrected chi connectivity index (χ3v) is 5.99. The molecule has 2 heterocycles. The Morgan fingerprint density at radius 1 is 1.24 bits per heavy atom. The highest BCUT2D eigenvalue weighted by atomic mass is 16.5. The predicted molar refractivity (Wildman–Crippen MR) is 130 cm³/mol. The van der Waals surface area contributed by atoms with Gasteiger partial charge in [-0.2, -0.15) is 0 Å². The number of aromatic nitrogens is 2. The van der Waals surface area contributed by atoms with Crippen LogP contribution in [0.25, 0.3) is 0 Å². The van der Waals surface area contributed by atoms with Gasteiger partial charge in [-0.3, -0.25) is 4.79 Å². The lowest BCUT2D eigenvalue weighted by atomic mass is 9.92. The molecule has 0 aliphatic carbocycles. The molecule has 0 unspecified atom stereocenters. The Labute approximate surface area is 196 Å². The molecule has 1 saturated heterocycles. The lowest BCUT2D eigenvalue weighted by molar-refractivity contribution is -0.137. The zero-order valence-corrected chi connectivity index (χ0v) is 19.9. The Bertz CT molecular complexity index is 884. The molecule has 0 saturated carbocycles. The Balaban J connectivity index is 1.98. The number of aliphatic carboxylic acids is 1. The van der Waals surface area contributed by atoms with E-state index in [1.165, 1.54) is 0 Å². The SMILES string of the molecule is CCCN(c1ccc([C@H](CC)CC(=O)O)cc1Nc1cnc(OCC)nc1)C1CCOCC1. The lowest BCUT2D eigenvalue weighted by Gasteiger charge is -2.37. The molecule has 8 heteroatoms. The van der Waals surface area contributed by atoms with Crippen molar-refractivity contribution in [2.45, 2.75) is 64.8 Å². The Hall–Kier alpha value is -2.87. The summed E-state index contributed by atoms with van der Waals surface area (Å²) >= 11 is 0. The van der Waals surface area contributed by atoms with Gasteiger partial charge in [-0.1, -0.05) is 19.9 Å². The first-order valence-electron chi connectivity index (χ1n) is 12.0. The third-order valence-electron chi connectivity index (χ3n) is 5.99. The monoisotopic (exact) mass is 456 g/mol. The zero-order chi connectivity index (χ0) is 23.6. The molecule has 2 aromatic rings. The first-order valence-corrected chi connectivity index (χ1v) is 12.0. The lowest BCUT2D eigenvalue weighted by Crippen LogP contribution is -2.40. The molecule has 2 N–H and O–H groups in total. The van der Waals surface area contributed by atoms with Gasteiger partial charge in [0.05, 0.1) is 42.5 Å². The van der Waals surface area contributed by atoms with Crippen molar-refractivity contribution in [2.75, 3.05) is 36.6 Å². The molecule has 33 heavy (non-hydrogen) atoms. The Morgan fingerprint density at radius 3 is 2.58 bits per heavy atom. The maximum absolute atomic E-state index is 11.4. The molecule has 180 valence electrons. The standard InChI is InChI=1S/C25H36N4O4/c1-4-11-29(21-9-12-32-13-10-21)23-8-7-19(18(5-2)15-24(30)31)14-22(23)28-20-16-26-25(27-17-20)33-6-3/h7-8,14,16-18,21,28H,4-6,9-13,15H2,1-3H3,(H,30,31)/t18-/m1/s1. The molecule has 1 aliphatic heterocycles. The molecule has 0 amide bonds. The topological polar surface area (TPSA) is 96.8 Å². The molecule has 1 aromatic heterocycles. The van der Waals surface area contributed by atoms with E-state index in [0.29, 0.717) is 18.7 Å². The number of hydrogen-bond acceptors (Lipinski definition) is 7. The van der Waals surface area contributed by atoms with Gasteiger partial charge in [-0.05, 0) is 56.2 Å². The first kappa shape index (κ1) is 24.8. The summed E-state index contributed by atoms with van der Waals surface area (Å²) in [6.07, 6.45) is 7.30. The molecule has 1 fully saturated rings. The highest BCUT2D eigenvalue weighted by molar-refractivity contribution is 5.77. The van der Waals surface area contributed by atoms with Crippen LogP contribution in [0.1, 0.15) is 64.4 Å². The van der Waals surface area contributed by atoms with Crippen LogP contribution in [0.5, 0.6) is 6.01 Å². The molecular formula is C25H36N4O4. The van der Waals surface area contributed by atoms with E-state index in [-0.39, 0.29) is 12.3 Å². The van der Waals surface area contributed by atoms with E-state index in [0.717, 1.165) is 68.1 Å². The van der Waals surface area contributed by atoms with Gasteiger partial charge in [0.25, 0.3) is 0 Å². The summed E-state index contributed by atoms with van der Waals surface area (Å²) in [4.78, 5) is 22.4. The zero-order valence-electron chi connectivity index (χ0n) is 19.9. The Kier molecular flexibility index (Phi) is 9.30. The quantitative estimate of drug-likeness (QED) is 0.461. The van der Waals surface area contributed by atoms with Crippen LogP contribution in [-0.2, 0) is 9.53 Å². The van der Waals surface area contributed by atoms with Gasteiger partial charge >= 0.3 is 12.0 Å². The number of anilines is 3. The van der Waals surface area contributed by atoms with E-state index in [1.807, 2.05) is 13.8 Å². The van der Waals surface area contributed by atoms with Gasteiger partial charge in [0.1, 0.15) is 0 Å². The van der Waals surface area contributed by atoms with E-state index < -0.39 is 5.97 Å². The Morgan fingerprint density at radius 2 is 1.97 bits per heavy atom. The van der Waals surface area contributed by atoms with E-state index in [1.54, 1.807) is 12.4 Å². The summed E-state index contributed by atoms with van der Waals surface area (Å²) in [7, 11) is 0. The van der Waals surface area contributed by atoms with Crippen LogP contribution in [0.2, 0.25) is 0 Å². The van der Waals surface area contributed by atoms with E-state index in [9.17, 15) is 9.90 Å². The van der Waals surface area contributed by atoms with Crippen molar-refractivity contribution in [1.82, 2.24) is 9.97 Å². The summed E-state index contributed by atoms with van der Waals surface area (Å²) < 4.78 is 11.0. The summed E-state index contributed by atoms with van der Waals surface area (Å²) in [5.74, 6) is -0.827. The van der Waals surface area contributed by atoms with Crippen LogP contribution in [0.4, 0.5) is 17.1 Å². The number of rotatable bonds is 12. The summed E-state index contributed by atoms with van der Waals surface area (Å²) in [6.45, 7) is 9.11. The van der Waals surface area contributed by atoms with Crippen LogP contribution in [0.3, 0.4) is 0 Å². The smallest absolute Gasteiger partial charge is 0.316 e. The van der Waals surface area contributed by atoms with Gasteiger partial charge in [0.15, 0.2) is 0 Å². The normalized spacial score (nSPS) is 15.1. The molecule has 0 radical (unpaired) electrons. The maximum Gasteiger partial charge on any atom is 0.316 e. The fraction of sp³-hybridized carbons (Fsp3) is 0.560. The average Bonchev–Trinajstić information content (AvgIpc) is 2.83. The van der Waals surface area contributed by atoms with Crippen LogP contribution in [0.15, 0.2) is 30.6 Å². The summed E-state index contributed by atoms with van der Waals surface area (Å²) in [6, 6.07) is 7.05. The van der Waals surface area contributed by atoms with Crippen molar-refractivity contribution >= 4 is 23.0 Å². The fourth-order valence-corrected chi connectivity index (χ4v) is 4.34. The van der Waals surface area contributed by atoms with Crippen LogP contribution < -0.4 is 15.0 Å². The molecule has 1 atom stereocenters. The molecule has 0 bridgehead atoms. The second-order valence-electron chi connectivity index (χ2n) is 8.33. The minimum atomic E-state index is -0.782. The maximum atomic E-state index is 11.4. The second-order valence-corrected chi connectivity index (χ2v) is 8.33. The number of nitrogens with one attached hydrogen (secondary N) is 1. The molecule has 1 aromatic carbocycles. The van der Waals surface area contributed by atoms with Crippen LogP contribution in [0, 0.1) is 0 Å². The number of hydrogen-bond donors (Lipinski definition) is 2. The fourth-order valence-electron chi connectivity index (χ4n) is 4.34. The van der Waals surface area contributed by atoms with Gasteiger partial charge < -0.3 is 24.8 Å². The number of nitrogens with zero attached hydrogens (tertiary/aromatic N) is 3. The second kappa shape index (κ2) is 12.4. The van der Waals surface area contributed by atoms with Crippen LogP contribution in [-0.4, -0.2) is 53.5 Å². The summed E-state index contributed by atoms with van der Waals surface area (Å²) in [5, 5.41) is 12.9. The third kappa shape index (κ3) is 6.81. The largest absolute Gasteiger partial charge is 0.481 e. The van der Waals surface area contributed by atoms with Gasteiger partial charge in [-0.25, -0.2) is 9.97 Å². The van der Waals surface area contributed by atoms with Crippen molar-refractivity contribution < 1.29 is 19.4 Å². The van der Waals surface area contributed by atoms with Crippen molar-refractivity contribution in [3.05, 3.63) is 36.2 Å². The first-order chi connectivity index (χ1) is 16.0. The van der Waals surface area contributed by atoms with Gasteiger partial charge in [-0.15, -0.1) is 0 Å². The molecule has 0 spiro atoms. The van der Waals surface area contributed by atoms with Crippen molar-refractivity contribution in [3.63, 3.8) is 0 Å². The molecule has 1 aliphatic rings. The number of ether oxygens (including phenoxy) is 2. The van der Waals surface area contributed by atoms with Crippen molar-refractivity contribution in [3.8, 4) is 6.01 Å². The predicted octanol–water partition coefficient (Wildman–Crippen LogP) is 4.98. The number of carboxylic acids is 1. The number of carboxylic acid groups (broad SMARTS) is 1. The van der Waals surface area contributed by atoms with Crippen molar-refractivity contribution in [1.29, 1.82) is 0 Å². The molecule has 8 nitrogen and oxygen atoms in total. The summed E-state index contributed by atoms with van der Waals surface area (Å²) in [5.41, 5.74) is 3.81. The van der Waals surface area contributed by atoms with Gasteiger partial charge in [0.2, 0.25) is 0 Å². The number of carbonyl (C=O) groups is 1. The highest BCUT2D eigenvalue weighted by Gasteiger charge is 2.24. The highest BCUT2D eigenvalue weighted by Crippen LogP contribution is 2.36. The van der Waals surface area contributed by atoms with Crippen LogP contribution >= 0.6 is 0 Å². The van der Waals surface area contributed by atoms with Crippen molar-refractivity contribution in [2.24, 2.45) is 0 Å². The number of benzene rings is 1. The minimum Gasteiger partial charge on any atom is -0.481 e. The average molecular weight is 457 g/mol.